The van der Waals surface area contributed by atoms with Crippen LogP contribution >= 0.6 is 0 Å². The van der Waals surface area contributed by atoms with E-state index in [4.69, 9.17) is 4.42 Å². The van der Waals surface area contributed by atoms with Gasteiger partial charge in [0.15, 0.2) is 11.2 Å². The number of rotatable bonds is 4. The van der Waals surface area contributed by atoms with Crippen LogP contribution in [-0.4, -0.2) is 40.0 Å². The summed E-state index contributed by atoms with van der Waals surface area (Å²) < 4.78 is 32.9. The Morgan fingerprint density at radius 3 is 2.96 bits per heavy atom. The summed E-state index contributed by atoms with van der Waals surface area (Å²) in [5, 5.41) is -0.349. The van der Waals surface area contributed by atoms with Crippen LogP contribution in [0.1, 0.15) is 5.56 Å². The lowest BCUT2D eigenvalue weighted by Crippen LogP contribution is -2.18. The van der Waals surface area contributed by atoms with Crippen molar-refractivity contribution in [3.63, 3.8) is 0 Å². The molecular weight excluding hydrogens is 332 g/mol. The SMILES string of the molecule is CNS(=O)(=O)c1nc2ccc(Cn3cnc4cncnc43)cc2o1. The Labute approximate surface area is 136 Å². The predicted octanol–water partition coefficient (Wildman–Crippen LogP) is 0.924. The third-order valence-corrected chi connectivity index (χ3v) is 4.74. The Morgan fingerprint density at radius 1 is 1.25 bits per heavy atom. The number of fused-ring (bicyclic) bond motifs is 2. The molecule has 10 heteroatoms. The summed E-state index contributed by atoms with van der Waals surface area (Å²) in [5.74, 6) is 0. The molecule has 0 atom stereocenters. The van der Waals surface area contributed by atoms with Gasteiger partial charge in [-0.25, -0.2) is 28.1 Å². The molecule has 9 nitrogen and oxygen atoms in total. The van der Waals surface area contributed by atoms with Gasteiger partial charge < -0.3 is 8.98 Å². The van der Waals surface area contributed by atoms with Gasteiger partial charge in [-0.2, -0.15) is 4.98 Å². The van der Waals surface area contributed by atoms with Crippen LogP contribution in [-0.2, 0) is 16.6 Å². The van der Waals surface area contributed by atoms with Crippen molar-refractivity contribution in [2.75, 3.05) is 7.05 Å². The number of imidazole rings is 1. The van der Waals surface area contributed by atoms with Crippen LogP contribution < -0.4 is 4.72 Å². The minimum Gasteiger partial charge on any atom is -0.427 e. The van der Waals surface area contributed by atoms with Gasteiger partial charge in [0, 0.05) is 0 Å². The highest BCUT2D eigenvalue weighted by Crippen LogP contribution is 2.21. The Hall–Kier alpha value is -2.85. The molecule has 4 rings (SSSR count). The third-order valence-electron chi connectivity index (χ3n) is 3.57. The second-order valence-corrected chi connectivity index (χ2v) is 6.86. The quantitative estimate of drug-likeness (QED) is 0.585. The monoisotopic (exact) mass is 344 g/mol. The second kappa shape index (κ2) is 5.35. The third kappa shape index (κ3) is 2.41. The van der Waals surface area contributed by atoms with Crippen LogP contribution in [0.15, 0.2) is 46.7 Å². The molecule has 0 aliphatic carbocycles. The van der Waals surface area contributed by atoms with Gasteiger partial charge in [0.25, 0.3) is 10.0 Å². The van der Waals surface area contributed by atoms with Crippen molar-refractivity contribution >= 4 is 32.3 Å². The van der Waals surface area contributed by atoms with Gasteiger partial charge >= 0.3 is 5.22 Å². The van der Waals surface area contributed by atoms with Crippen molar-refractivity contribution in [1.29, 1.82) is 0 Å². The second-order valence-electron chi connectivity index (χ2n) is 5.09. The number of oxazole rings is 1. The first-order chi connectivity index (χ1) is 11.6. The average Bonchev–Trinajstić information content (AvgIpc) is 3.19. The van der Waals surface area contributed by atoms with E-state index in [1.54, 1.807) is 24.7 Å². The van der Waals surface area contributed by atoms with Gasteiger partial charge in [0.05, 0.1) is 19.1 Å². The summed E-state index contributed by atoms with van der Waals surface area (Å²) in [5.41, 5.74) is 3.22. The Morgan fingerprint density at radius 2 is 2.12 bits per heavy atom. The minimum atomic E-state index is -3.71. The van der Waals surface area contributed by atoms with E-state index in [1.165, 1.54) is 13.4 Å². The molecule has 0 radical (unpaired) electrons. The number of hydrogen-bond acceptors (Lipinski definition) is 7. The molecule has 1 N–H and O–H groups in total. The summed E-state index contributed by atoms with van der Waals surface area (Å²) in [6.07, 6.45) is 4.79. The lowest BCUT2D eigenvalue weighted by Gasteiger charge is -2.03. The molecule has 0 unspecified atom stereocenters. The molecule has 0 bridgehead atoms. The predicted molar refractivity (Wildman–Crippen MR) is 84.7 cm³/mol. The van der Waals surface area contributed by atoms with E-state index in [0.717, 1.165) is 11.2 Å². The highest BCUT2D eigenvalue weighted by atomic mass is 32.2. The molecule has 0 amide bonds. The topological polar surface area (TPSA) is 116 Å². The average molecular weight is 344 g/mol. The van der Waals surface area contributed by atoms with E-state index >= 15 is 0 Å². The van der Waals surface area contributed by atoms with Crippen LogP contribution in [0.5, 0.6) is 0 Å². The van der Waals surface area contributed by atoms with Crippen molar-refractivity contribution in [3.8, 4) is 0 Å². The van der Waals surface area contributed by atoms with Crippen molar-refractivity contribution in [2.45, 2.75) is 11.8 Å². The molecule has 1 aromatic carbocycles. The lowest BCUT2D eigenvalue weighted by atomic mass is 10.2. The molecule has 3 aromatic heterocycles. The van der Waals surface area contributed by atoms with E-state index in [-0.39, 0.29) is 5.22 Å². The number of nitrogens with zero attached hydrogens (tertiary/aromatic N) is 5. The van der Waals surface area contributed by atoms with Crippen molar-refractivity contribution in [2.24, 2.45) is 0 Å². The summed E-state index contributed by atoms with van der Waals surface area (Å²) >= 11 is 0. The Bertz CT molecular complexity index is 1150. The normalized spacial score (nSPS) is 12.2. The molecule has 0 aliphatic heterocycles. The summed E-state index contributed by atoms with van der Waals surface area (Å²) in [7, 11) is -2.40. The highest BCUT2D eigenvalue weighted by Gasteiger charge is 2.19. The molecule has 0 saturated carbocycles. The first kappa shape index (κ1) is 14.7. The van der Waals surface area contributed by atoms with Crippen LogP contribution in [0.25, 0.3) is 22.3 Å². The van der Waals surface area contributed by atoms with Gasteiger partial charge in [-0.05, 0) is 24.7 Å². The molecule has 0 fully saturated rings. The maximum atomic E-state index is 11.8. The van der Waals surface area contributed by atoms with Crippen LogP contribution in [0.3, 0.4) is 0 Å². The molecule has 122 valence electrons. The highest BCUT2D eigenvalue weighted by molar-refractivity contribution is 7.89. The number of sulfonamides is 1. The Kier molecular flexibility index (Phi) is 3.28. The van der Waals surface area contributed by atoms with E-state index in [2.05, 4.69) is 24.7 Å². The first-order valence-corrected chi connectivity index (χ1v) is 8.49. The Balaban J connectivity index is 1.73. The fourth-order valence-corrected chi connectivity index (χ4v) is 2.97. The molecule has 4 aromatic rings. The zero-order valence-electron chi connectivity index (χ0n) is 12.5. The summed E-state index contributed by atoms with van der Waals surface area (Å²) in [4.78, 5) is 16.4. The fourth-order valence-electron chi connectivity index (χ4n) is 2.38. The van der Waals surface area contributed by atoms with Crippen LogP contribution in [0, 0.1) is 0 Å². The first-order valence-electron chi connectivity index (χ1n) is 7.01. The van der Waals surface area contributed by atoms with Crippen molar-refractivity contribution in [3.05, 3.63) is 42.6 Å². The van der Waals surface area contributed by atoms with Gasteiger partial charge in [0.1, 0.15) is 17.4 Å². The van der Waals surface area contributed by atoms with Gasteiger partial charge in [-0.3, -0.25) is 0 Å². The van der Waals surface area contributed by atoms with E-state index in [1.807, 2.05) is 10.6 Å². The molecule has 0 spiro atoms. The van der Waals surface area contributed by atoms with Crippen LogP contribution in [0.2, 0.25) is 0 Å². The van der Waals surface area contributed by atoms with Crippen LogP contribution in [0.4, 0.5) is 0 Å². The fraction of sp³-hybridized carbons (Fsp3) is 0.143. The molecule has 0 saturated heterocycles. The molecular formula is C14H12N6O3S. The van der Waals surface area contributed by atoms with E-state index < -0.39 is 10.0 Å². The van der Waals surface area contributed by atoms with Crippen molar-refractivity contribution in [1.82, 2.24) is 29.2 Å². The zero-order valence-corrected chi connectivity index (χ0v) is 13.4. The number of hydrogen-bond donors (Lipinski definition) is 1. The van der Waals surface area contributed by atoms with Gasteiger partial charge in [0.2, 0.25) is 0 Å². The summed E-state index contributed by atoms with van der Waals surface area (Å²) in [6.45, 7) is 0.512. The number of nitrogens with one attached hydrogen (secondary N) is 1. The van der Waals surface area contributed by atoms with E-state index in [9.17, 15) is 8.42 Å². The lowest BCUT2D eigenvalue weighted by molar-refractivity contribution is 0.455. The summed E-state index contributed by atoms with van der Waals surface area (Å²) in [6, 6.07) is 5.33. The van der Waals surface area contributed by atoms with Gasteiger partial charge in [-0.1, -0.05) is 6.07 Å². The molecule has 24 heavy (non-hydrogen) atoms. The molecule has 0 aliphatic rings. The number of aromatic nitrogens is 5. The van der Waals surface area contributed by atoms with Crippen molar-refractivity contribution < 1.29 is 12.8 Å². The zero-order chi connectivity index (χ0) is 16.7. The van der Waals surface area contributed by atoms with E-state index in [0.29, 0.717) is 23.2 Å². The minimum absolute atomic E-state index is 0.349. The maximum Gasteiger partial charge on any atom is 0.331 e. The molecule has 3 heterocycles. The maximum absolute atomic E-state index is 11.8. The van der Waals surface area contributed by atoms with Gasteiger partial charge in [-0.15, -0.1) is 0 Å². The number of benzene rings is 1. The standard InChI is InChI=1S/C14H12N6O3S/c1-15-24(21,22)14-19-10-3-2-9(4-12(10)23-14)6-20-8-18-11-5-16-7-17-13(11)20/h2-5,7-8,15H,6H2,1H3. The smallest absolute Gasteiger partial charge is 0.331 e. The largest absolute Gasteiger partial charge is 0.427 e.